The molecule has 0 aromatic heterocycles. The van der Waals surface area contributed by atoms with Crippen LogP contribution in [0.5, 0.6) is 17.2 Å². The second-order valence-corrected chi connectivity index (χ2v) is 11.9. The lowest BCUT2D eigenvalue weighted by atomic mass is 9.80. The Balaban J connectivity index is 1.77. The first-order valence-corrected chi connectivity index (χ1v) is 12.9. The fraction of sp³-hybridized carbons (Fsp3) is 0.406. The van der Waals surface area contributed by atoms with Gasteiger partial charge in [0.25, 0.3) is 5.91 Å². The molecule has 3 rings (SSSR count). The van der Waals surface area contributed by atoms with Crippen molar-refractivity contribution in [1.82, 2.24) is 0 Å². The summed E-state index contributed by atoms with van der Waals surface area (Å²) in [6.45, 7) is 17.1. The number of amides is 1. The molecule has 0 saturated heterocycles. The molecule has 2 N–H and O–H groups in total. The van der Waals surface area contributed by atoms with Gasteiger partial charge >= 0.3 is 0 Å². The Morgan fingerprint density at radius 1 is 0.892 bits per heavy atom. The van der Waals surface area contributed by atoms with Gasteiger partial charge in [0.05, 0.1) is 5.69 Å². The first kappa shape index (κ1) is 28.1. The normalized spacial score (nSPS) is 11.9. The van der Waals surface area contributed by atoms with Crippen molar-refractivity contribution in [3.63, 3.8) is 0 Å². The number of phenolic OH excluding ortho intramolecular Hbond substituents is 1. The number of aromatic hydroxyl groups is 1. The zero-order chi connectivity index (χ0) is 27.4. The number of hydrogen-bond acceptors (Lipinski definition) is 4. The van der Waals surface area contributed by atoms with Crippen molar-refractivity contribution in [3.05, 3.63) is 82.9 Å². The number of nitrogens with one attached hydrogen (secondary N) is 1. The minimum absolute atomic E-state index is 0.0107. The van der Waals surface area contributed by atoms with E-state index in [2.05, 4.69) is 59.0 Å². The smallest absolute Gasteiger partial charge is 0.262 e. The number of carbonyl (C=O) groups excluding carboxylic acids is 1. The van der Waals surface area contributed by atoms with Crippen LogP contribution in [-0.2, 0) is 22.2 Å². The van der Waals surface area contributed by atoms with Crippen LogP contribution >= 0.6 is 0 Å². The van der Waals surface area contributed by atoms with Crippen LogP contribution in [0.2, 0.25) is 0 Å². The standard InChI is InChI=1S/C32H41NO4/c1-21(2)25-16-22(19-36-24-12-10-9-11-13-24)17-27(30(25)35)33-29(34)20-37-28-15-14-23(31(3,4)5)18-26(28)32(6,7)8/h9-18,21,35H,19-20H2,1-8H3,(H,33,34). The molecule has 0 heterocycles. The third kappa shape index (κ3) is 7.51. The predicted octanol–water partition coefficient (Wildman–Crippen LogP) is 7.71. The summed E-state index contributed by atoms with van der Waals surface area (Å²) in [5, 5.41) is 13.7. The van der Waals surface area contributed by atoms with Crippen molar-refractivity contribution < 1.29 is 19.4 Å². The minimum atomic E-state index is -0.342. The second-order valence-electron chi connectivity index (χ2n) is 11.9. The van der Waals surface area contributed by atoms with E-state index in [0.717, 1.165) is 22.4 Å². The molecular weight excluding hydrogens is 462 g/mol. The monoisotopic (exact) mass is 503 g/mol. The van der Waals surface area contributed by atoms with Gasteiger partial charge in [0.15, 0.2) is 6.61 Å². The van der Waals surface area contributed by atoms with Gasteiger partial charge in [-0.25, -0.2) is 0 Å². The first-order chi connectivity index (χ1) is 17.3. The van der Waals surface area contributed by atoms with E-state index in [0.29, 0.717) is 18.0 Å². The van der Waals surface area contributed by atoms with E-state index in [1.165, 1.54) is 5.56 Å². The second kappa shape index (κ2) is 11.3. The molecule has 1 amide bonds. The van der Waals surface area contributed by atoms with Crippen LogP contribution in [0.1, 0.15) is 83.6 Å². The summed E-state index contributed by atoms with van der Waals surface area (Å²) in [7, 11) is 0. The molecule has 5 heteroatoms. The Labute approximate surface area is 221 Å². The van der Waals surface area contributed by atoms with Gasteiger partial charge in [-0.3, -0.25) is 4.79 Å². The SMILES string of the molecule is CC(C)c1cc(COc2ccccc2)cc(NC(=O)COc2ccc(C(C)(C)C)cc2C(C)(C)C)c1O. The fourth-order valence-corrected chi connectivity index (χ4v) is 4.06. The van der Waals surface area contributed by atoms with Crippen LogP contribution in [-0.4, -0.2) is 17.6 Å². The van der Waals surface area contributed by atoms with Crippen LogP contribution < -0.4 is 14.8 Å². The highest BCUT2D eigenvalue weighted by Crippen LogP contribution is 2.37. The maximum atomic E-state index is 12.9. The molecule has 3 aromatic carbocycles. The highest BCUT2D eigenvalue weighted by atomic mass is 16.5. The molecule has 0 unspecified atom stereocenters. The van der Waals surface area contributed by atoms with Crippen molar-refractivity contribution in [1.29, 1.82) is 0 Å². The molecule has 0 aliphatic heterocycles. The molecule has 0 atom stereocenters. The van der Waals surface area contributed by atoms with Crippen LogP contribution in [0.4, 0.5) is 5.69 Å². The molecule has 0 spiro atoms. The van der Waals surface area contributed by atoms with Crippen LogP contribution in [0.15, 0.2) is 60.7 Å². The van der Waals surface area contributed by atoms with Crippen LogP contribution in [0.25, 0.3) is 0 Å². The first-order valence-electron chi connectivity index (χ1n) is 12.9. The van der Waals surface area contributed by atoms with Crippen molar-refractivity contribution in [2.45, 2.75) is 78.7 Å². The molecule has 198 valence electrons. The summed E-state index contributed by atoms with van der Waals surface area (Å²) in [5.41, 5.74) is 4.09. The zero-order valence-electron chi connectivity index (χ0n) is 23.4. The number of rotatable bonds is 8. The highest BCUT2D eigenvalue weighted by Gasteiger charge is 2.24. The van der Waals surface area contributed by atoms with Gasteiger partial charge in [-0.15, -0.1) is 0 Å². The van der Waals surface area contributed by atoms with E-state index < -0.39 is 0 Å². The summed E-state index contributed by atoms with van der Waals surface area (Å²) < 4.78 is 11.9. The fourth-order valence-electron chi connectivity index (χ4n) is 4.06. The highest BCUT2D eigenvalue weighted by molar-refractivity contribution is 5.93. The Hall–Kier alpha value is -3.47. The van der Waals surface area contributed by atoms with Crippen molar-refractivity contribution in [2.75, 3.05) is 11.9 Å². The molecular formula is C32H41NO4. The van der Waals surface area contributed by atoms with Crippen molar-refractivity contribution >= 4 is 11.6 Å². The lowest BCUT2D eigenvalue weighted by Crippen LogP contribution is -2.23. The molecule has 0 aliphatic rings. The van der Waals surface area contributed by atoms with E-state index in [1.54, 1.807) is 6.07 Å². The maximum absolute atomic E-state index is 12.9. The number of ether oxygens (including phenoxy) is 2. The summed E-state index contributed by atoms with van der Waals surface area (Å²) in [5.74, 6) is 1.24. The van der Waals surface area contributed by atoms with Gasteiger partial charge in [-0.05, 0) is 69.3 Å². The maximum Gasteiger partial charge on any atom is 0.262 e. The quantitative estimate of drug-likeness (QED) is 0.309. The van der Waals surface area contributed by atoms with Gasteiger partial charge in [-0.1, -0.05) is 85.7 Å². The Bertz CT molecular complexity index is 1220. The third-order valence-electron chi connectivity index (χ3n) is 6.26. The summed E-state index contributed by atoms with van der Waals surface area (Å²) in [4.78, 5) is 12.9. The van der Waals surface area contributed by atoms with Crippen molar-refractivity contribution in [2.24, 2.45) is 0 Å². The van der Waals surface area contributed by atoms with Gasteiger partial charge in [0.1, 0.15) is 23.9 Å². The summed E-state index contributed by atoms with van der Waals surface area (Å²) >= 11 is 0. The minimum Gasteiger partial charge on any atom is -0.505 e. The zero-order valence-corrected chi connectivity index (χ0v) is 23.4. The number of carbonyl (C=O) groups is 1. The van der Waals surface area contributed by atoms with E-state index in [9.17, 15) is 9.90 Å². The molecule has 37 heavy (non-hydrogen) atoms. The van der Waals surface area contributed by atoms with Crippen LogP contribution in [0.3, 0.4) is 0 Å². The molecule has 3 aromatic rings. The number of phenols is 1. The van der Waals surface area contributed by atoms with Gasteiger partial charge < -0.3 is 19.9 Å². The average molecular weight is 504 g/mol. The lowest BCUT2D eigenvalue weighted by Gasteiger charge is -2.27. The molecule has 0 radical (unpaired) electrons. The van der Waals surface area contributed by atoms with Crippen LogP contribution in [0, 0.1) is 0 Å². The molecule has 0 aliphatic carbocycles. The van der Waals surface area contributed by atoms with E-state index in [4.69, 9.17) is 9.47 Å². The topological polar surface area (TPSA) is 67.8 Å². The molecule has 0 fully saturated rings. The van der Waals surface area contributed by atoms with Crippen molar-refractivity contribution in [3.8, 4) is 17.2 Å². The largest absolute Gasteiger partial charge is 0.505 e. The Kier molecular flexibility index (Phi) is 8.57. The Morgan fingerprint density at radius 2 is 1.57 bits per heavy atom. The number of para-hydroxylation sites is 1. The van der Waals surface area contributed by atoms with E-state index in [1.807, 2.05) is 56.3 Å². The summed E-state index contributed by atoms with van der Waals surface area (Å²) in [6, 6.07) is 19.4. The molecule has 0 bridgehead atoms. The summed E-state index contributed by atoms with van der Waals surface area (Å²) in [6.07, 6.45) is 0. The molecule has 5 nitrogen and oxygen atoms in total. The third-order valence-corrected chi connectivity index (χ3v) is 6.26. The lowest BCUT2D eigenvalue weighted by molar-refractivity contribution is -0.118. The molecule has 0 saturated carbocycles. The van der Waals surface area contributed by atoms with Gasteiger partial charge in [0.2, 0.25) is 0 Å². The van der Waals surface area contributed by atoms with Gasteiger partial charge in [-0.2, -0.15) is 0 Å². The predicted molar refractivity (Wildman–Crippen MR) is 151 cm³/mol. The van der Waals surface area contributed by atoms with E-state index >= 15 is 0 Å². The average Bonchev–Trinajstić information content (AvgIpc) is 2.82. The van der Waals surface area contributed by atoms with Gasteiger partial charge in [0, 0.05) is 0 Å². The van der Waals surface area contributed by atoms with E-state index in [-0.39, 0.29) is 35.0 Å². The number of benzene rings is 3. The number of anilines is 1. The Morgan fingerprint density at radius 3 is 2.16 bits per heavy atom. The number of hydrogen-bond donors (Lipinski definition) is 2.